The van der Waals surface area contributed by atoms with E-state index in [1.165, 1.54) is 6.20 Å². The van der Waals surface area contributed by atoms with Crippen molar-refractivity contribution in [3.8, 4) is 0 Å². The lowest BCUT2D eigenvalue weighted by Crippen LogP contribution is -1.91. The van der Waals surface area contributed by atoms with Crippen LogP contribution in [0, 0.1) is 0 Å². The summed E-state index contributed by atoms with van der Waals surface area (Å²) in [6, 6.07) is 0. The van der Waals surface area contributed by atoms with E-state index in [4.69, 9.17) is 5.11 Å². The van der Waals surface area contributed by atoms with Gasteiger partial charge in [0.05, 0.1) is 18.4 Å². The quantitative estimate of drug-likeness (QED) is 0.603. The van der Waals surface area contributed by atoms with Crippen molar-refractivity contribution in [1.82, 2.24) is 5.16 Å². The second-order valence-corrected chi connectivity index (χ2v) is 1.80. The minimum absolute atomic E-state index is 0.0317. The largest absolute Gasteiger partial charge is 0.396 e. The second-order valence-electron chi connectivity index (χ2n) is 1.80. The van der Waals surface area contributed by atoms with E-state index in [0.717, 1.165) is 0 Å². The van der Waals surface area contributed by atoms with Gasteiger partial charge >= 0.3 is 0 Å². The number of hydrogen-bond acceptors (Lipinski definition) is 4. The first-order valence-electron chi connectivity index (χ1n) is 2.88. The van der Waals surface area contributed by atoms with Crippen LogP contribution in [-0.4, -0.2) is 23.2 Å². The molecule has 0 aliphatic heterocycles. The molecule has 0 atom stereocenters. The zero-order valence-electron chi connectivity index (χ0n) is 5.28. The molecule has 4 nitrogen and oxygen atoms in total. The molecule has 0 spiro atoms. The van der Waals surface area contributed by atoms with E-state index in [1.807, 2.05) is 0 Å². The number of aromatic nitrogens is 1. The van der Waals surface area contributed by atoms with Gasteiger partial charge in [-0.3, -0.25) is 4.79 Å². The highest BCUT2D eigenvalue weighted by Crippen LogP contribution is 2.04. The molecule has 10 heavy (non-hydrogen) atoms. The first-order chi connectivity index (χ1) is 4.88. The maximum Gasteiger partial charge on any atom is 0.155 e. The van der Waals surface area contributed by atoms with E-state index in [-0.39, 0.29) is 6.61 Å². The maximum absolute atomic E-state index is 10.2. The minimum atomic E-state index is -0.0317. The lowest BCUT2D eigenvalue weighted by molar-refractivity contribution is 0.112. The van der Waals surface area contributed by atoms with Crippen molar-refractivity contribution in [2.24, 2.45) is 0 Å². The Morgan fingerprint density at radius 1 is 1.80 bits per heavy atom. The summed E-state index contributed by atoms with van der Waals surface area (Å²) in [5.41, 5.74) is 0.411. The Balaban J connectivity index is 2.79. The number of carbonyl (C=O) groups is 1. The first-order valence-corrected chi connectivity index (χ1v) is 2.88. The smallest absolute Gasteiger partial charge is 0.155 e. The van der Waals surface area contributed by atoms with Gasteiger partial charge < -0.3 is 9.63 Å². The van der Waals surface area contributed by atoms with Gasteiger partial charge in [0.15, 0.2) is 6.29 Å². The fraction of sp³-hybridized carbons (Fsp3) is 0.333. The Kier molecular flexibility index (Phi) is 2.17. The third-order valence-electron chi connectivity index (χ3n) is 1.14. The van der Waals surface area contributed by atoms with E-state index >= 15 is 0 Å². The molecule has 0 aliphatic rings. The highest BCUT2D eigenvalue weighted by atomic mass is 16.5. The lowest BCUT2D eigenvalue weighted by atomic mass is 10.2. The summed E-state index contributed by atoms with van der Waals surface area (Å²) in [5, 5.41) is 11.8. The van der Waals surface area contributed by atoms with Gasteiger partial charge in [-0.2, -0.15) is 0 Å². The monoisotopic (exact) mass is 141 g/mol. The van der Waals surface area contributed by atoms with Crippen LogP contribution in [0.5, 0.6) is 0 Å². The predicted molar refractivity (Wildman–Crippen MR) is 32.7 cm³/mol. The van der Waals surface area contributed by atoms with Crippen LogP contribution in [0.4, 0.5) is 0 Å². The molecule has 0 unspecified atom stereocenters. The Labute approximate surface area is 57.4 Å². The van der Waals surface area contributed by atoms with Crippen LogP contribution < -0.4 is 0 Å². The molecule has 0 amide bonds. The van der Waals surface area contributed by atoms with Crippen LogP contribution >= 0.6 is 0 Å². The highest BCUT2D eigenvalue weighted by Gasteiger charge is 2.04. The number of carbonyl (C=O) groups excluding carboxylic acids is 1. The fourth-order valence-electron chi connectivity index (χ4n) is 0.659. The summed E-state index contributed by atoms with van der Waals surface area (Å²) >= 11 is 0. The zero-order chi connectivity index (χ0) is 7.40. The van der Waals surface area contributed by atoms with Crippen LogP contribution in [0.3, 0.4) is 0 Å². The third-order valence-corrected chi connectivity index (χ3v) is 1.14. The van der Waals surface area contributed by atoms with Crippen molar-refractivity contribution in [2.45, 2.75) is 6.42 Å². The molecule has 0 saturated heterocycles. The van der Waals surface area contributed by atoms with Gasteiger partial charge in [-0.05, 0) is 0 Å². The van der Waals surface area contributed by atoms with E-state index in [1.54, 1.807) is 0 Å². The Morgan fingerprint density at radius 2 is 2.60 bits per heavy atom. The molecule has 0 bridgehead atoms. The van der Waals surface area contributed by atoms with E-state index in [2.05, 4.69) is 9.68 Å². The van der Waals surface area contributed by atoms with Crippen LogP contribution in [-0.2, 0) is 6.42 Å². The molecule has 1 rings (SSSR count). The molecule has 0 saturated carbocycles. The Hall–Kier alpha value is -1.16. The molecule has 1 aromatic heterocycles. The molecule has 1 aromatic rings. The topological polar surface area (TPSA) is 63.3 Å². The summed E-state index contributed by atoms with van der Waals surface area (Å²) in [5.74, 6) is 0.442. The molecular formula is C6H7NO3. The van der Waals surface area contributed by atoms with Gasteiger partial charge in [0.2, 0.25) is 0 Å². The summed E-state index contributed by atoms with van der Waals surface area (Å²) in [6.45, 7) is -0.0317. The first kappa shape index (κ1) is 6.95. The van der Waals surface area contributed by atoms with Crippen LogP contribution in [0.15, 0.2) is 10.7 Å². The fourth-order valence-corrected chi connectivity index (χ4v) is 0.659. The van der Waals surface area contributed by atoms with Crippen molar-refractivity contribution < 1.29 is 14.4 Å². The van der Waals surface area contributed by atoms with Crippen molar-refractivity contribution in [3.05, 3.63) is 17.5 Å². The summed E-state index contributed by atoms with van der Waals surface area (Å²) < 4.78 is 4.65. The van der Waals surface area contributed by atoms with E-state index in [9.17, 15) is 4.79 Å². The van der Waals surface area contributed by atoms with Gasteiger partial charge in [0.1, 0.15) is 5.76 Å². The van der Waals surface area contributed by atoms with E-state index in [0.29, 0.717) is 24.0 Å². The second kappa shape index (κ2) is 3.12. The number of aliphatic hydroxyl groups excluding tert-OH is 1. The number of nitrogens with zero attached hydrogens (tertiary/aromatic N) is 1. The molecular weight excluding hydrogens is 134 g/mol. The van der Waals surface area contributed by atoms with Gasteiger partial charge in [0.25, 0.3) is 0 Å². The van der Waals surface area contributed by atoms with Crippen LogP contribution in [0.2, 0.25) is 0 Å². The molecule has 54 valence electrons. The average molecular weight is 141 g/mol. The zero-order valence-corrected chi connectivity index (χ0v) is 5.28. The van der Waals surface area contributed by atoms with Crippen LogP contribution in [0.1, 0.15) is 16.1 Å². The van der Waals surface area contributed by atoms with Gasteiger partial charge in [-0.15, -0.1) is 0 Å². The number of rotatable bonds is 3. The number of hydrogen-bond donors (Lipinski definition) is 1. The standard InChI is InChI=1S/C6H7NO3/c8-2-1-6-5(4-9)3-7-10-6/h3-4,8H,1-2H2. The van der Waals surface area contributed by atoms with Crippen molar-refractivity contribution in [3.63, 3.8) is 0 Å². The molecule has 1 heterocycles. The van der Waals surface area contributed by atoms with Gasteiger partial charge in [-0.25, -0.2) is 0 Å². The minimum Gasteiger partial charge on any atom is -0.396 e. The number of aliphatic hydroxyl groups is 1. The summed E-state index contributed by atoms with van der Waals surface area (Å²) in [6.07, 6.45) is 2.33. The highest BCUT2D eigenvalue weighted by molar-refractivity contribution is 5.75. The van der Waals surface area contributed by atoms with Gasteiger partial charge in [-0.1, -0.05) is 5.16 Å². The SMILES string of the molecule is O=Cc1cnoc1CCO. The lowest BCUT2D eigenvalue weighted by Gasteiger charge is -1.87. The Bertz CT molecular complexity index is 219. The predicted octanol–water partition coefficient (Wildman–Crippen LogP) is 0.0219. The van der Waals surface area contributed by atoms with Gasteiger partial charge in [0, 0.05) is 6.42 Å². The maximum atomic E-state index is 10.2. The summed E-state index contributed by atoms with van der Waals surface area (Å²) in [7, 11) is 0. The molecule has 1 N–H and O–H groups in total. The molecule has 0 fully saturated rings. The Morgan fingerprint density at radius 3 is 3.20 bits per heavy atom. The van der Waals surface area contributed by atoms with Crippen molar-refractivity contribution >= 4 is 6.29 Å². The van der Waals surface area contributed by atoms with Crippen LogP contribution in [0.25, 0.3) is 0 Å². The van der Waals surface area contributed by atoms with Crippen molar-refractivity contribution in [2.75, 3.05) is 6.61 Å². The third kappa shape index (κ3) is 1.22. The molecule has 0 aliphatic carbocycles. The molecule has 0 radical (unpaired) electrons. The normalized spacial score (nSPS) is 9.70. The van der Waals surface area contributed by atoms with E-state index < -0.39 is 0 Å². The summed E-state index contributed by atoms with van der Waals surface area (Å²) in [4.78, 5) is 10.2. The molecule has 0 aromatic carbocycles. The average Bonchev–Trinajstić information content (AvgIpc) is 2.36. The number of aldehydes is 1. The molecule has 4 heteroatoms. The van der Waals surface area contributed by atoms with Crippen molar-refractivity contribution in [1.29, 1.82) is 0 Å².